The summed E-state index contributed by atoms with van der Waals surface area (Å²) in [5.74, 6) is 0. The minimum atomic E-state index is 0.690. The van der Waals surface area contributed by atoms with Gasteiger partial charge in [-0.3, -0.25) is 0 Å². The Balaban J connectivity index is 2.46. The van der Waals surface area contributed by atoms with E-state index in [4.69, 9.17) is 0 Å². The maximum atomic E-state index is 3.58. The van der Waals surface area contributed by atoms with E-state index in [-0.39, 0.29) is 0 Å². The molecule has 1 aromatic carbocycles. The van der Waals surface area contributed by atoms with Gasteiger partial charge in [0.2, 0.25) is 0 Å². The van der Waals surface area contributed by atoms with Crippen molar-refractivity contribution in [2.45, 2.75) is 58.9 Å². The first-order valence-electron chi connectivity index (χ1n) is 7.11. The average molecular weight is 233 g/mol. The van der Waals surface area contributed by atoms with Gasteiger partial charge in [0.1, 0.15) is 0 Å². The number of hydrogen-bond acceptors (Lipinski definition) is 1. The van der Waals surface area contributed by atoms with Gasteiger partial charge in [0, 0.05) is 6.04 Å². The van der Waals surface area contributed by atoms with Crippen LogP contribution >= 0.6 is 0 Å². The smallest absolute Gasteiger partial charge is 0.00700 e. The highest BCUT2D eigenvalue weighted by molar-refractivity contribution is 5.23. The zero-order chi connectivity index (χ0) is 12.5. The molecular formula is C16H27N. The van der Waals surface area contributed by atoms with E-state index in [2.05, 4.69) is 50.4 Å². The predicted octanol–water partition coefficient (Wildman–Crippen LogP) is 3.96. The van der Waals surface area contributed by atoms with Crippen LogP contribution in [0.15, 0.2) is 24.3 Å². The fraction of sp³-hybridized carbons (Fsp3) is 0.625. The third kappa shape index (κ3) is 5.36. The van der Waals surface area contributed by atoms with Crippen molar-refractivity contribution >= 4 is 0 Å². The van der Waals surface area contributed by atoms with E-state index in [0.717, 1.165) is 13.0 Å². The Morgan fingerprint density at radius 2 is 1.82 bits per heavy atom. The Morgan fingerprint density at radius 1 is 1.06 bits per heavy atom. The number of nitrogens with one attached hydrogen (secondary N) is 1. The van der Waals surface area contributed by atoms with Crippen LogP contribution in [0, 0.1) is 0 Å². The summed E-state index contributed by atoms with van der Waals surface area (Å²) in [7, 11) is 0. The van der Waals surface area contributed by atoms with Crippen LogP contribution in [-0.2, 0) is 12.8 Å². The summed E-state index contributed by atoms with van der Waals surface area (Å²) in [4.78, 5) is 0. The summed E-state index contributed by atoms with van der Waals surface area (Å²) >= 11 is 0. The number of aryl methyl sites for hydroxylation is 2. The molecular weight excluding hydrogens is 206 g/mol. The second-order valence-corrected chi connectivity index (χ2v) is 4.76. The normalized spacial score (nSPS) is 12.6. The van der Waals surface area contributed by atoms with Crippen molar-refractivity contribution < 1.29 is 0 Å². The van der Waals surface area contributed by atoms with Crippen LogP contribution in [0.3, 0.4) is 0 Å². The maximum absolute atomic E-state index is 3.58. The Hall–Kier alpha value is -0.820. The quantitative estimate of drug-likeness (QED) is 0.716. The van der Waals surface area contributed by atoms with Gasteiger partial charge < -0.3 is 5.32 Å². The topological polar surface area (TPSA) is 12.0 Å². The molecule has 17 heavy (non-hydrogen) atoms. The fourth-order valence-electron chi connectivity index (χ4n) is 2.33. The Kier molecular flexibility index (Phi) is 6.95. The van der Waals surface area contributed by atoms with E-state index >= 15 is 0 Å². The average Bonchev–Trinajstić information content (AvgIpc) is 2.37. The van der Waals surface area contributed by atoms with Gasteiger partial charge >= 0.3 is 0 Å². The molecule has 0 fully saturated rings. The predicted molar refractivity (Wildman–Crippen MR) is 76.5 cm³/mol. The molecule has 1 rings (SSSR count). The van der Waals surface area contributed by atoms with Crippen molar-refractivity contribution in [3.63, 3.8) is 0 Å². The molecule has 1 unspecified atom stereocenters. The number of rotatable bonds is 8. The minimum absolute atomic E-state index is 0.690. The molecule has 0 radical (unpaired) electrons. The molecule has 0 amide bonds. The molecule has 1 nitrogen and oxygen atoms in total. The van der Waals surface area contributed by atoms with Gasteiger partial charge in [-0.25, -0.2) is 0 Å². The van der Waals surface area contributed by atoms with Gasteiger partial charge in [0.15, 0.2) is 0 Å². The minimum Gasteiger partial charge on any atom is -0.314 e. The molecule has 0 aliphatic heterocycles. The van der Waals surface area contributed by atoms with Crippen molar-refractivity contribution in [3.8, 4) is 0 Å². The molecule has 1 heteroatoms. The zero-order valence-corrected chi connectivity index (χ0v) is 11.6. The van der Waals surface area contributed by atoms with Gasteiger partial charge in [-0.1, -0.05) is 51.5 Å². The second kappa shape index (κ2) is 8.30. The van der Waals surface area contributed by atoms with E-state index in [1.54, 1.807) is 0 Å². The van der Waals surface area contributed by atoms with Crippen LogP contribution in [0.1, 0.15) is 51.2 Å². The lowest BCUT2D eigenvalue weighted by Crippen LogP contribution is -2.29. The SMILES string of the molecule is CCCC(CCc1cccc(CC)c1)NCC. The molecule has 0 saturated heterocycles. The van der Waals surface area contributed by atoms with Crippen LogP contribution in [0.2, 0.25) is 0 Å². The summed E-state index contributed by atoms with van der Waals surface area (Å²) in [5, 5.41) is 3.58. The van der Waals surface area contributed by atoms with E-state index in [1.165, 1.54) is 36.8 Å². The monoisotopic (exact) mass is 233 g/mol. The van der Waals surface area contributed by atoms with E-state index in [1.807, 2.05) is 0 Å². The summed E-state index contributed by atoms with van der Waals surface area (Å²) in [6, 6.07) is 9.71. The molecule has 0 saturated carbocycles. The van der Waals surface area contributed by atoms with Crippen LogP contribution in [0.5, 0.6) is 0 Å². The van der Waals surface area contributed by atoms with Crippen molar-refractivity contribution in [3.05, 3.63) is 35.4 Å². The maximum Gasteiger partial charge on any atom is 0.00700 e. The standard InChI is InChI=1S/C16H27N/c1-4-8-16(17-6-3)12-11-15-10-7-9-14(5-2)13-15/h7,9-10,13,16-17H,4-6,8,11-12H2,1-3H3. The third-order valence-corrected chi connectivity index (χ3v) is 3.31. The second-order valence-electron chi connectivity index (χ2n) is 4.76. The summed E-state index contributed by atoms with van der Waals surface area (Å²) in [5.41, 5.74) is 2.95. The van der Waals surface area contributed by atoms with Gasteiger partial charge in [-0.15, -0.1) is 0 Å². The first-order valence-corrected chi connectivity index (χ1v) is 7.11. The van der Waals surface area contributed by atoms with E-state index in [0.29, 0.717) is 6.04 Å². The molecule has 1 N–H and O–H groups in total. The van der Waals surface area contributed by atoms with Crippen molar-refractivity contribution in [1.29, 1.82) is 0 Å². The first-order chi connectivity index (χ1) is 8.30. The lowest BCUT2D eigenvalue weighted by atomic mass is 10.00. The molecule has 0 aliphatic carbocycles. The summed E-state index contributed by atoms with van der Waals surface area (Å²) in [6.45, 7) is 7.76. The fourth-order valence-corrected chi connectivity index (χ4v) is 2.33. The van der Waals surface area contributed by atoms with Crippen LogP contribution < -0.4 is 5.32 Å². The van der Waals surface area contributed by atoms with Gasteiger partial charge in [-0.2, -0.15) is 0 Å². The van der Waals surface area contributed by atoms with E-state index < -0.39 is 0 Å². The highest BCUT2D eigenvalue weighted by Gasteiger charge is 2.06. The molecule has 0 aliphatic rings. The Morgan fingerprint density at radius 3 is 2.47 bits per heavy atom. The molecule has 96 valence electrons. The molecule has 0 aromatic heterocycles. The lowest BCUT2D eigenvalue weighted by Gasteiger charge is -2.17. The highest BCUT2D eigenvalue weighted by atomic mass is 14.9. The lowest BCUT2D eigenvalue weighted by molar-refractivity contribution is 0.459. The van der Waals surface area contributed by atoms with Crippen molar-refractivity contribution in [2.24, 2.45) is 0 Å². The molecule has 1 aromatic rings. The van der Waals surface area contributed by atoms with Gasteiger partial charge in [-0.05, 0) is 43.4 Å². The van der Waals surface area contributed by atoms with Gasteiger partial charge in [0.25, 0.3) is 0 Å². The molecule has 0 bridgehead atoms. The molecule has 1 atom stereocenters. The summed E-state index contributed by atoms with van der Waals surface area (Å²) in [6.07, 6.45) is 6.16. The Bertz CT molecular complexity index is 300. The first kappa shape index (κ1) is 14.2. The highest BCUT2D eigenvalue weighted by Crippen LogP contribution is 2.11. The molecule has 0 spiro atoms. The molecule has 0 heterocycles. The van der Waals surface area contributed by atoms with Gasteiger partial charge in [0.05, 0.1) is 0 Å². The van der Waals surface area contributed by atoms with E-state index in [9.17, 15) is 0 Å². The summed E-state index contributed by atoms with van der Waals surface area (Å²) < 4.78 is 0. The zero-order valence-electron chi connectivity index (χ0n) is 11.6. The Labute approximate surface area is 107 Å². The third-order valence-electron chi connectivity index (χ3n) is 3.31. The van der Waals surface area contributed by atoms with Crippen molar-refractivity contribution in [2.75, 3.05) is 6.54 Å². The number of hydrogen-bond donors (Lipinski definition) is 1. The van der Waals surface area contributed by atoms with Crippen LogP contribution in [-0.4, -0.2) is 12.6 Å². The van der Waals surface area contributed by atoms with Crippen molar-refractivity contribution in [1.82, 2.24) is 5.32 Å². The largest absolute Gasteiger partial charge is 0.314 e. The van der Waals surface area contributed by atoms with Crippen LogP contribution in [0.25, 0.3) is 0 Å². The number of benzene rings is 1. The van der Waals surface area contributed by atoms with Crippen LogP contribution in [0.4, 0.5) is 0 Å².